The lowest BCUT2D eigenvalue weighted by Crippen LogP contribution is -1.96. The van der Waals surface area contributed by atoms with Crippen molar-refractivity contribution in [3.05, 3.63) is 54.5 Å². The molecule has 0 bridgehead atoms. The van der Waals surface area contributed by atoms with E-state index in [2.05, 4.69) is 10.1 Å². The van der Waals surface area contributed by atoms with Crippen LogP contribution in [0, 0.1) is 0 Å². The van der Waals surface area contributed by atoms with Crippen molar-refractivity contribution in [2.24, 2.45) is 0 Å². The number of aliphatic hydroxyl groups is 1. The molecule has 0 aliphatic heterocycles. The van der Waals surface area contributed by atoms with Crippen LogP contribution in [0.3, 0.4) is 0 Å². The van der Waals surface area contributed by atoms with Gasteiger partial charge in [0, 0.05) is 17.8 Å². The summed E-state index contributed by atoms with van der Waals surface area (Å²) in [5, 5.41) is 15.0. The minimum absolute atomic E-state index is 0.460. The average Bonchev–Trinajstić information content (AvgIpc) is 2.82. The highest BCUT2D eigenvalue weighted by atomic mass is 16.3. The Bertz CT molecular complexity index is 674. The SMILES string of the molecule is CC(O)c1ccc2c(cnn2-c2ccncc2)c1. The molecule has 0 saturated heterocycles. The van der Waals surface area contributed by atoms with Crippen molar-refractivity contribution >= 4 is 10.9 Å². The standard InChI is InChI=1S/C14H13N3O/c1-10(18)11-2-3-14-12(8-11)9-16-17(14)13-4-6-15-7-5-13/h2-10,18H,1H3. The normalized spacial score (nSPS) is 12.8. The summed E-state index contributed by atoms with van der Waals surface area (Å²) < 4.78 is 1.86. The Balaban J connectivity index is 2.16. The van der Waals surface area contributed by atoms with Gasteiger partial charge < -0.3 is 5.11 Å². The monoisotopic (exact) mass is 239 g/mol. The second-order valence-electron chi connectivity index (χ2n) is 4.26. The van der Waals surface area contributed by atoms with Crippen LogP contribution < -0.4 is 0 Å². The van der Waals surface area contributed by atoms with Crippen molar-refractivity contribution in [1.82, 2.24) is 14.8 Å². The van der Waals surface area contributed by atoms with E-state index in [-0.39, 0.29) is 0 Å². The molecule has 1 unspecified atom stereocenters. The highest BCUT2D eigenvalue weighted by Crippen LogP contribution is 2.22. The molecule has 1 N–H and O–H groups in total. The predicted molar refractivity (Wildman–Crippen MR) is 69.5 cm³/mol. The summed E-state index contributed by atoms with van der Waals surface area (Å²) in [6.07, 6.45) is 4.83. The number of pyridine rings is 1. The predicted octanol–water partition coefficient (Wildman–Crippen LogP) is 2.47. The molecule has 0 saturated carbocycles. The first-order valence-electron chi connectivity index (χ1n) is 5.82. The van der Waals surface area contributed by atoms with Gasteiger partial charge in [0.2, 0.25) is 0 Å². The van der Waals surface area contributed by atoms with Crippen LogP contribution in [0.2, 0.25) is 0 Å². The fourth-order valence-corrected chi connectivity index (χ4v) is 2.00. The summed E-state index contributed by atoms with van der Waals surface area (Å²) in [6, 6.07) is 9.69. The summed E-state index contributed by atoms with van der Waals surface area (Å²) >= 11 is 0. The lowest BCUT2D eigenvalue weighted by Gasteiger charge is -2.06. The molecule has 2 aromatic heterocycles. The maximum absolute atomic E-state index is 9.57. The third-order valence-corrected chi connectivity index (χ3v) is 2.98. The topological polar surface area (TPSA) is 50.9 Å². The maximum atomic E-state index is 9.57. The number of benzene rings is 1. The van der Waals surface area contributed by atoms with Gasteiger partial charge in [-0.25, -0.2) is 4.68 Å². The number of aromatic nitrogens is 3. The fourth-order valence-electron chi connectivity index (χ4n) is 2.00. The van der Waals surface area contributed by atoms with Crippen LogP contribution in [0.1, 0.15) is 18.6 Å². The van der Waals surface area contributed by atoms with E-state index < -0.39 is 6.10 Å². The van der Waals surface area contributed by atoms with Crippen molar-refractivity contribution in [2.45, 2.75) is 13.0 Å². The molecule has 0 aliphatic carbocycles. The van der Waals surface area contributed by atoms with Crippen LogP contribution in [0.4, 0.5) is 0 Å². The number of fused-ring (bicyclic) bond motifs is 1. The molecule has 0 amide bonds. The van der Waals surface area contributed by atoms with Crippen LogP contribution >= 0.6 is 0 Å². The van der Waals surface area contributed by atoms with E-state index in [0.717, 1.165) is 22.2 Å². The maximum Gasteiger partial charge on any atom is 0.0762 e. The molecule has 0 aliphatic rings. The van der Waals surface area contributed by atoms with Crippen molar-refractivity contribution in [3.8, 4) is 5.69 Å². The van der Waals surface area contributed by atoms with Crippen LogP contribution in [0.15, 0.2) is 48.9 Å². The lowest BCUT2D eigenvalue weighted by molar-refractivity contribution is 0.199. The molecule has 1 aromatic carbocycles. The number of nitrogens with zero attached hydrogens (tertiary/aromatic N) is 3. The Morgan fingerprint density at radius 2 is 1.94 bits per heavy atom. The van der Waals surface area contributed by atoms with Gasteiger partial charge in [-0.1, -0.05) is 6.07 Å². The molecule has 0 fully saturated rings. The van der Waals surface area contributed by atoms with Crippen molar-refractivity contribution < 1.29 is 5.11 Å². The van der Waals surface area contributed by atoms with Gasteiger partial charge >= 0.3 is 0 Å². The fraction of sp³-hybridized carbons (Fsp3) is 0.143. The number of hydrogen-bond acceptors (Lipinski definition) is 3. The highest BCUT2D eigenvalue weighted by molar-refractivity contribution is 5.81. The molecule has 90 valence electrons. The van der Waals surface area contributed by atoms with Gasteiger partial charge in [-0.15, -0.1) is 0 Å². The molecule has 3 rings (SSSR count). The Labute approximate surface area is 105 Å². The Kier molecular flexibility index (Phi) is 2.57. The average molecular weight is 239 g/mol. The zero-order chi connectivity index (χ0) is 12.5. The molecular weight excluding hydrogens is 226 g/mol. The largest absolute Gasteiger partial charge is 0.389 e. The van der Waals surface area contributed by atoms with Crippen molar-refractivity contribution in [3.63, 3.8) is 0 Å². The summed E-state index contributed by atoms with van der Waals surface area (Å²) in [5.41, 5.74) is 2.90. The van der Waals surface area contributed by atoms with E-state index in [4.69, 9.17) is 0 Å². The second-order valence-corrected chi connectivity index (χ2v) is 4.26. The summed E-state index contributed by atoms with van der Waals surface area (Å²) in [5.74, 6) is 0. The van der Waals surface area contributed by atoms with Gasteiger partial charge in [0.05, 0.1) is 23.5 Å². The van der Waals surface area contributed by atoms with Crippen LogP contribution in [0.5, 0.6) is 0 Å². The van der Waals surface area contributed by atoms with Gasteiger partial charge in [-0.05, 0) is 36.8 Å². The van der Waals surface area contributed by atoms with Gasteiger partial charge in [0.25, 0.3) is 0 Å². The first kappa shape index (κ1) is 10.9. The lowest BCUT2D eigenvalue weighted by atomic mass is 10.1. The zero-order valence-corrected chi connectivity index (χ0v) is 9.99. The van der Waals surface area contributed by atoms with E-state index in [1.54, 1.807) is 19.3 Å². The summed E-state index contributed by atoms with van der Waals surface area (Å²) in [7, 11) is 0. The molecule has 4 nitrogen and oxygen atoms in total. The minimum Gasteiger partial charge on any atom is -0.389 e. The first-order valence-corrected chi connectivity index (χ1v) is 5.82. The van der Waals surface area contributed by atoms with E-state index in [9.17, 15) is 5.11 Å². The third kappa shape index (κ3) is 1.76. The molecule has 0 spiro atoms. The van der Waals surface area contributed by atoms with Gasteiger partial charge in [0.1, 0.15) is 0 Å². The van der Waals surface area contributed by atoms with E-state index >= 15 is 0 Å². The number of hydrogen-bond donors (Lipinski definition) is 1. The Hall–Kier alpha value is -2.20. The molecule has 18 heavy (non-hydrogen) atoms. The smallest absolute Gasteiger partial charge is 0.0762 e. The van der Waals surface area contributed by atoms with E-state index in [1.165, 1.54) is 0 Å². The number of aliphatic hydroxyl groups excluding tert-OH is 1. The van der Waals surface area contributed by atoms with Crippen LogP contribution in [-0.4, -0.2) is 19.9 Å². The van der Waals surface area contributed by atoms with Crippen LogP contribution in [0.25, 0.3) is 16.6 Å². The zero-order valence-electron chi connectivity index (χ0n) is 9.99. The van der Waals surface area contributed by atoms with E-state index in [1.807, 2.05) is 41.2 Å². The minimum atomic E-state index is -0.460. The molecule has 4 heteroatoms. The molecular formula is C14H13N3O. The molecule has 0 radical (unpaired) electrons. The molecule has 1 atom stereocenters. The summed E-state index contributed by atoms with van der Waals surface area (Å²) in [6.45, 7) is 1.76. The quantitative estimate of drug-likeness (QED) is 0.747. The Morgan fingerprint density at radius 3 is 2.67 bits per heavy atom. The van der Waals surface area contributed by atoms with Gasteiger partial charge in [-0.2, -0.15) is 5.10 Å². The summed E-state index contributed by atoms with van der Waals surface area (Å²) in [4.78, 5) is 4.00. The molecule has 3 aromatic rings. The highest BCUT2D eigenvalue weighted by Gasteiger charge is 2.07. The van der Waals surface area contributed by atoms with E-state index in [0.29, 0.717) is 0 Å². The number of rotatable bonds is 2. The Morgan fingerprint density at radius 1 is 1.17 bits per heavy atom. The first-order chi connectivity index (χ1) is 8.75. The third-order valence-electron chi connectivity index (χ3n) is 2.98. The van der Waals surface area contributed by atoms with Gasteiger partial charge in [0.15, 0.2) is 0 Å². The van der Waals surface area contributed by atoms with Crippen molar-refractivity contribution in [1.29, 1.82) is 0 Å². The van der Waals surface area contributed by atoms with Crippen LogP contribution in [-0.2, 0) is 0 Å². The molecule has 2 heterocycles. The second kappa shape index (κ2) is 4.23. The van der Waals surface area contributed by atoms with Crippen molar-refractivity contribution in [2.75, 3.05) is 0 Å². The van der Waals surface area contributed by atoms with Gasteiger partial charge in [-0.3, -0.25) is 4.98 Å².